The molecule has 0 aromatic carbocycles. The van der Waals surface area contributed by atoms with Gasteiger partial charge < -0.3 is 4.90 Å². The molecular weight excluding hydrogens is 102 g/mol. The van der Waals surface area contributed by atoms with E-state index in [0.717, 1.165) is 12.8 Å². The summed E-state index contributed by atoms with van der Waals surface area (Å²) in [6.07, 6.45) is 1.70. The summed E-state index contributed by atoms with van der Waals surface area (Å²) in [5, 5.41) is 0. The van der Waals surface area contributed by atoms with Gasteiger partial charge in [0, 0.05) is 13.1 Å². The molecule has 0 saturated heterocycles. The lowest BCUT2D eigenvalue weighted by Gasteiger charge is -2.16. The minimum Gasteiger partial charge on any atom is -0.341 e. The summed E-state index contributed by atoms with van der Waals surface area (Å²) < 4.78 is 0. The third-order valence-corrected chi connectivity index (χ3v) is 1.29. The number of hydrogen-bond donors (Lipinski definition) is 0. The van der Waals surface area contributed by atoms with Gasteiger partial charge in [0.25, 0.3) is 0 Å². The first kappa shape index (κ1) is 7.47. The minimum atomic E-state index is 0.271. The average Bonchev–Trinajstić information content (AvgIpc) is 1.84. The van der Waals surface area contributed by atoms with Crippen molar-refractivity contribution in [2.24, 2.45) is 0 Å². The Bertz CT molecular complexity index is 72.9. The number of carbonyl (C=O) groups excluding carboxylic acids is 1. The van der Waals surface area contributed by atoms with Crippen molar-refractivity contribution in [3.63, 3.8) is 0 Å². The lowest BCUT2D eigenvalue weighted by molar-refractivity contribution is -0.117. The molecule has 0 N–H and O–H groups in total. The fourth-order valence-corrected chi connectivity index (χ4v) is 0.338. The number of nitrogens with zero attached hydrogens (tertiary/aromatic N) is 1. The van der Waals surface area contributed by atoms with Crippen molar-refractivity contribution in [3.05, 3.63) is 7.05 Å². The molecule has 0 aromatic rings. The first-order chi connectivity index (χ1) is 3.72. The smallest absolute Gasteiger partial charge is 0.210 e. The van der Waals surface area contributed by atoms with Crippen LogP contribution in [0.15, 0.2) is 0 Å². The molecule has 1 amide bonds. The molecule has 2 nitrogen and oxygen atoms in total. The highest BCUT2D eigenvalue weighted by atomic mass is 16.1. The van der Waals surface area contributed by atoms with Crippen LogP contribution in [0.25, 0.3) is 0 Å². The van der Waals surface area contributed by atoms with Gasteiger partial charge in [-0.2, -0.15) is 0 Å². The van der Waals surface area contributed by atoms with Crippen LogP contribution in [0.1, 0.15) is 20.3 Å². The first-order valence-corrected chi connectivity index (χ1v) is 2.76. The molecule has 0 saturated carbocycles. The quantitative estimate of drug-likeness (QED) is 0.502. The van der Waals surface area contributed by atoms with Crippen LogP contribution in [-0.2, 0) is 4.79 Å². The molecule has 8 heavy (non-hydrogen) atoms. The molecule has 0 spiro atoms. The molecule has 1 atom stereocenters. The van der Waals surface area contributed by atoms with Gasteiger partial charge in [-0.3, -0.25) is 4.79 Å². The Hall–Kier alpha value is -0.530. The molecule has 0 bridgehead atoms. The van der Waals surface area contributed by atoms with Crippen molar-refractivity contribution in [1.29, 1.82) is 0 Å². The van der Waals surface area contributed by atoms with E-state index in [1.807, 2.05) is 13.8 Å². The number of rotatable bonds is 3. The summed E-state index contributed by atoms with van der Waals surface area (Å²) in [4.78, 5) is 11.4. The number of hydrogen-bond acceptors (Lipinski definition) is 1. The molecule has 0 heterocycles. The number of carbonyl (C=O) groups is 1. The maximum atomic E-state index is 9.97. The van der Waals surface area contributed by atoms with E-state index < -0.39 is 0 Å². The Morgan fingerprint density at radius 1 is 1.88 bits per heavy atom. The van der Waals surface area contributed by atoms with E-state index in [0.29, 0.717) is 0 Å². The summed E-state index contributed by atoms with van der Waals surface area (Å²) >= 11 is 0. The van der Waals surface area contributed by atoms with Gasteiger partial charge in [-0.15, -0.1) is 0 Å². The van der Waals surface area contributed by atoms with Crippen LogP contribution in [0, 0.1) is 7.05 Å². The lowest BCUT2D eigenvalue weighted by Crippen LogP contribution is -2.24. The Balaban J connectivity index is 3.44. The zero-order valence-electron chi connectivity index (χ0n) is 5.42. The summed E-state index contributed by atoms with van der Waals surface area (Å²) in [6, 6.07) is 0.271. The van der Waals surface area contributed by atoms with Gasteiger partial charge in [-0.25, -0.2) is 0 Å². The van der Waals surface area contributed by atoms with E-state index in [1.54, 1.807) is 0 Å². The van der Waals surface area contributed by atoms with Crippen LogP contribution in [0.5, 0.6) is 0 Å². The van der Waals surface area contributed by atoms with Crippen LogP contribution in [0.3, 0.4) is 0 Å². The van der Waals surface area contributed by atoms with Gasteiger partial charge in [0.05, 0.1) is 0 Å². The molecule has 2 heteroatoms. The van der Waals surface area contributed by atoms with Crippen molar-refractivity contribution < 1.29 is 4.79 Å². The average molecular weight is 114 g/mol. The second-order valence-electron chi connectivity index (χ2n) is 1.88. The van der Waals surface area contributed by atoms with E-state index in [1.165, 1.54) is 4.90 Å². The maximum Gasteiger partial charge on any atom is 0.210 e. The number of amides is 1. The van der Waals surface area contributed by atoms with Gasteiger partial charge in [0.2, 0.25) is 6.41 Å². The molecular formula is C6H12NO. The summed E-state index contributed by atoms with van der Waals surface area (Å²) in [5.74, 6) is 0. The second-order valence-corrected chi connectivity index (χ2v) is 1.88. The van der Waals surface area contributed by atoms with Crippen LogP contribution in [0.2, 0.25) is 0 Å². The van der Waals surface area contributed by atoms with Gasteiger partial charge >= 0.3 is 0 Å². The third kappa shape index (κ3) is 1.96. The molecule has 0 aliphatic heterocycles. The molecule has 1 unspecified atom stereocenters. The predicted octanol–water partition coefficient (Wildman–Crippen LogP) is 1.03. The van der Waals surface area contributed by atoms with Crippen LogP contribution >= 0.6 is 0 Å². The zero-order valence-corrected chi connectivity index (χ0v) is 5.42. The van der Waals surface area contributed by atoms with E-state index in [2.05, 4.69) is 7.05 Å². The molecule has 0 rings (SSSR count). The summed E-state index contributed by atoms with van der Waals surface area (Å²) in [5.41, 5.74) is 0. The summed E-state index contributed by atoms with van der Waals surface area (Å²) in [6.45, 7) is 3.98. The molecule has 0 aliphatic rings. The fraction of sp³-hybridized carbons (Fsp3) is 0.667. The third-order valence-electron chi connectivity index (χ3n) is 1.29. The maximum absolute atomic E-state index is 9.97. The Kier molecular flexibility index (Phi) is 3.24. The van der Waals surface area contributed by atoms with Crippen LogP contribution in [-0.4, -0.2) is 17.4 Å². The van der Waals surface area contributed by atoms with E-state index in [4.69, 9.17) is 0 Å². The van der Waals surface area contributed by atoms with E-state index in [9.17, 15) is 4.79 Å². The second kappa shape index (κ2) is 3.47. The van der Waals surface area contributed by atoms with Crippen molar-refractivity contribution in [2.45, 2.75) is 26.3 Å². The highest BCUT2D eigenvalue weighted by Gasteiger charge is 2.00. The summed E-state index contributed by atoms with van der Waals surface area (Å²) in [7, 11) is 3.49. The monoisotopic (exact) mass is 114 g/mol. The largest absolute Gasteiger partial charge is 0.341 e. The zero-order chi connectivity index (χ0) is 6.57. The molecule has 0 aromatic heterocycles. The fourth-order valence-electron chi connectivity index (χ4n) is 0.338. The van der Waals surface area contributed by atoms with E-state index in [-0.39, 0.29) is 6.04 Å². The molecule has 1 radical (unpaired) electrons. The Labute approximate surface area is 50.5 Å². The van der Waals surface area contributed by atoms with Crippen LogP contribution < -0.4 is 0 Å². The van der Waals surface area contributed by atoms with Crippen molar-refractivity contribution in [1.82, 2.24) is 4.90 Å². The Morgan fingerprint density at radius 2 is 2.38 bits per heavy atom. The van der Waals surface area contributed by atoms with E-state index >= 15 is 0 Å². The molecule has 47 valence electrons. The van der Waals surface area contributed by atoms with Gasteiger partial charge in [-0.1, -0.05) is 6.92 Å². The lowest BCUT2D eigenvalue weighted by atomic mass is 10.2. The van der Waals surface area contributed by atoms with Crippen molar-refractivity contribution >= 4 is 6.41 Å². The van der Waals surface area contributed by atoms with Crippen molar-refractivity contribution in [3.8, 4) is 0 Å². The normalized spacial score (nSPS) is 12.9. The minimum absolute atomic E-state index is 0.271. The van der Waals surface area contributed by atoms with Crippen LogP contribution in [0.4, 0.5) is 0 Å². The predicted molar refractivity (Wildman–Crippen MR) is 33.0 cm³/mol. The standard InChI is InChI=1S/C6H12NO/c1-4-6(2)7(3)5-8/h5-6H,3-4H2,1-2H3. The molecule has 0 fully saturated rings. The van der Waals surface area contributed by atoms with Crippen molar-refractivity contribution in [2.75, 3.05) is 0 Å². The highest BCUT2D eigenvalue weighted by molar-refractivity contribution is 5.47. The SMILES string of the molecule is [CH2]N(C=O)C(C)CC. The van der Waals surface area contributed by atoms with Gasteiger partial charge in [0.1, 0.15) is 0 Å². The van der Waals surface area contributed by atoms with Gasteiger partial charge in [-0.05, 0) is 13.3 Å². The topological polar surface area (TPSA) is 20.3 Å². The first-order valence-electron chi connectivity index (χ1n) is 2.76. The highest BCUT2D eigenvalue weighted by Crippen LogP contribution is 1.96. The van der Waals surface area contributed by atoms with Gasteiger partial charge in [0.15, 0.2) is 0 Å². The molecule has 0 aliphatic carbocycles. The Morgan fingerprint density at radius 3 is 2.50 bits per heavy atom.